The van der Waals surface area contributed by atoms with Gasteiger partial charge in [0.1, 0.15) is 5.78 Å². The highest BCUT2D eigenvalue weighted by atomic mass is 32.2. The Morgan fingerprint density at radius 3 is 2.50 bits per heavy atom. The number of fused-ring (bicyclic) bond motifs is 2. The predicted molar refractivity (Wildman–Crippen MR) is 100 cm³/mol. The summed E-state index contributed by atoms with van der Waals surface area (Å²) in [5, 5.41) is 1.08. The summed E-state index contributed by atoms with van der Waals surface area (Å²) in [5.74, 6) is 0.354. The van der Waals surface area contributed by atoms with Crippen LogP contribution in [0.4, 0.5) is 5.69 Å². The Morgan fingerprint density at radius 1 is 1.00 bits per heavy atom. The molecule has 1 atom stereocenters. The first-order valence-electron chi connectivity index (χ1n) is 8.50. The molecule has 24 heavy (non-hydrogen) atoms. The number of hydrogen-bond acceptors (Lipinski definition) is 3. The molecular formula is C21H21NOS. The summed E-state index contributed by atoms with van der Waals surface area (Å²) >= 11 is 1.72. The largest absolute Gasteiger partial charge is 0.299 e. The summed E-state index contributed by atoms with van der Waals surface area (Å²) in [7, 11) is 0. The number of rotatable bonds is 1. The standard InChI is InChI=1S/C21H21NOS/c1-20(2)18(23)13-8-14-21(20)16-11-6-7-12-17(16)22-19(21)24-15-9-4-3-5-10-15/h3-7,9-12H,8,13-14H2,1-2H3/t21-/m1/s1. The van der Waals surface area contributed by atoms with Crippen LogP contribution in [0.15, 0.2) is 64.5 Å². The second-order valence-corrected chi connectivity index (χ2v) is 8.22. The fourth-order valence-electron chi connectivity index (χ4n) is 4.18. The van der Waals surface area contributed by atoms with Crippen molar-refractivity contribution in [2.45, 2.75) is 43.4 Å². The molecule has 0 unspecified atom stereocenters. The average molecular weight is 335 g/mol. The molecule has 2 nitrogen and oxygen atoms in total. The van der Waals surface area contributed by atoms with Gasteiger partial charge in [-0.15, -0.1) is 0 Å². The van der Waals surface area contributed by atoms with Crippen LogP contribution in [0, 0.1) is 5.41 Å². The lowest BCUT2D eigenvalue weighted by Gasteiger charge is -2.47. The third kappa shape index (κ3) is 2.11. The van der Waals surface area contributed by atoms with Gasteiger partial charge in [-0.25, -0.2) is 4.99 Å². The van der Waals surface area contributed by atoms with Gasteiger partial charge in [0.25, 0.3) is 0 Å². The van der Waals surface area contributed by atoms with E-state index in [-0.39, 0.29) is 5.41 Å². The van der Waals surface area contributed by atoms with E-state index < -0.39 is 5.41 Å². The minimum atomic E-state index is -0.432. The van der Waals surface area contributed by atoms with E-state index in [0.29, 0.717) is 12.2 Å². The fourth-order valence-corrected chi connectivity index (χ4v) is 5.49. The van der Waals surface area contributed by atoms with Crippen molar-refractivity contribution in [2.24, 2.45) is 10.4 Å². The van der Waals surface area contributed by atoms with Crippen LogP contribution in [0.25, 0.3) is 0 Å². The lowest BCUT2D eigenvalue weighted by Crippen LogP contribution is -2.53. The zero-order valence-corrected chi connectivity index (χ0v) is 14.9. The van der Waals surface area contributed by atoms with E-state index in [4.69, 9.17) is 4.99 Å². The van der Waals surface area contributed by atoms with Crippen LogP contribution in [-0.4, -0.2) is 10.8 Å². The van der Waals surface area contributed by atoms with Crippen LogP contribution >= 0.6 is 11.8 Å². The van der Waals surface area contributed by atoms with E-state index in [1.807, 2.05) is 12.1 Å². The molecule has 3 heteroatoms. The zero-order valence-electron chi connectivity index (χ0n) is 14.1. The van der Waals surface area contributed by atoms with Crippen molar-refractivity contribution in [3.05, 3.63) is 60.2 Å². The highest BCUT2D eigenvalue weighted by molar-refractivity contribution is 8.14. The predicted octanol–water partition coefficient (Wildman–Crippen LogP) is 5.54. The maximum Gasteiger partial charge on any atom is 0.139 e. The Morgan fingerprint density at radius 2 is 1.71 bits per heavy atom. The number of carbonyl (C=O) groups is 1. The third-order valence-corrected chi connectivity index (χ3v) is 6.77. The first-order valence-corrected chi connectivity index (χ1v) is 9.32. The second-order valence-electron chi connectivity index (χ2n) is 7.16. The van der Waals surface area contributed by atoms with E-state index >= 15 is 0 Å². The molecule has 0 aromatic heterocycles. The monoisotopic (exact) mass is 335 g/mol. The van der Waals surface area contributed by atoms with Crippen LogP contribution < -0.4 is 0 Å². The molecule has 2 aromatic rings. The molecule has 1 heterocycles. The van der Waals surface area contributed by atoms with Crippen LogP contribution in [-0.2, 0) is 10.2 Å². The maximum absolute atomic E-state index is 12.8. The molecule has 1 saturated carbocycles. The van der Waals surface area contributed by atoms with Gasteiger partial charge in [0.15, 0.2) is 0 Å². The summed E-state index contributed by atoms with van der Waals surface area (Å²) in [6.45, 7) is 4.22. The van der Waals surface area contributed by atoms with Gasteiger partial charge in [0, 0.05) is 16.7 Å². The van der Waals surface area contributed by atoms with Crippen molar-refractivity contribution in [2.75, 3.05) is 0 Å². The summed E-state index contributed by atoms with van der Waals surface area (Å²) in [5.41, 5.74) is 1.53. The van der Waals surface area contributed by atoms with Crippen molar-refractivity contribution in [3.63, 3.8) is 0 Å². The van der Waals surface area contributed by atoms with Crippen molar-refractivity contribution in [1.82, 2.24) is 0 Å². The summed E-state index contributed by atoms with van der Waals surface area (Å²) in [6, 6.07) is 18.7. The molecular weight excluding hydrogens is 314 g/mol. The molecule has 1 fully saturated rings. The number of aliphatic imine (C=N–C) groups is 1. The van der Waals surface area contributed by atoms with E-state index in [2.05, 4.69) is 56.3 Å². The number of nitrogens with zero attached hydrogens (tertiary/aromatic N) is 1. The molecule has 4 rings (SSSR count). The minimum Gasteiger partial charge on any atom is -0.299 e. The number of benzene rings is 2. The lowest BCUT2D eigenvalue weighted by atomic mass is 9.55. The Kier molecular flexibility index (Phi) is 3.65. The number of para-hydroxylation sites is 1. The summed E-state index contributed by atoms with van der Waals surface area (Å²) in [4.78, 5) is 19.0. The highest BCUT2D eigenvalue weighted by Gasteiger charge is 2.58. The van der Waals surface area contributed by atoms with Crippen LogP contribution in [0.2, 0.25) is 0 Å². The topological polar surface area (TPSA) is 29.4 Å². The Bertz CT molecular complexity index is 825. The Hall–Kier alpha value is -1.87. The van der Waals surface area contributed by atoms with Gasteiger partial charge in [-0.1, -0.05) is 62.0 Å². The van der Waals surface area contributed by atoms with E-state index in [1.54, 1.807) is 11.8 Å². The van der Waals surface area contributed by atoms with Gasteiger partial charge in [-0.05, 0) is 36.6 Å². The number of thioether (sulfide) groups is 1. The fraction of sp³-hybridized carbons (Fsp3) is 0.333. The number of ketones is 1. The van der Waals surface area contributed by atoms with E-state index in [1.165, 1.54) is 10.5 Å². The quantitative estimate of drug-likeness (QED) is 0.685. The average Bonchev–Trinajstić information content (AvgIpc) is 2.89. The number of carbonyl (C=O) groups excluding carboxylic acids is 1. The molecule has 0 bridgehead atoms. The maximum atomic E-state index is 12.8. The summed E-state index contributed by atoms with van der Waals surface area (Å²) in [6.07, 6.45) is 2.60. The molecule has 0 N–H and O–H groups in total. The van der Waals surface area contributed by atoms with Crippen molar-refractivity contribution < 1.29 is 4.79 Å². The summed E-state index contributed by atoms with van der Waals surface area (Å²) < 4.78 is 0. The zero-order chi connectivity index (χ0) is 16.8. The van der Waals surface area contributed by atoms with Crippen molar-refractivity contribution in [3.8, 4) is 0 Å². The van der Waals surface area contributed by atoms with Gasteiger partial charge in [-0.2, -0.15) is 0 Å². The highest BCUT2D eigenvalue weighted by Crippen LogP contribution is 2.59. The molecule has 1 aliphatic carbocycles. The molecule has 2 aliphatic rings. The van der Waals surface area contributed by atoms with E-state index in [9.17, 15) is 4.79 Å². The van der Waals surface area contributed by atoms with E-state index in [0.717, 1.165) is 23.6 Å². The second kappa shape index (κ2) is 5.59. The Labute approximate surface area is 147 Å². The van der Waals surface area contributed by atoms with Crippen molar-refractivity contribution >= 4 is 28.3 Å². The lowest BCUT2D eigenvalue weighted by molar-refractivity contribution is -0.132. The minimum absolute atomic E-state index is 0.292. The van der Waals surface area contributed by atoms with Gasteiger partial charge < -0.3 is 0 Å². The molecule has 0 amide bonds. The normalized spacial score (nSPS) is 24.8. The molecule has 2 aromatic carbocycles. The molecule has 1 spiro atoms. The number of hydrogen-bond donors (Lipinski definition) is 0. The van der Waals surface area contributed by atoms with Crippen LogP contribution in [0.3, 0.4) is 0 Å². The molecule has 0 saturated heterocycles. The first kappa shape index (κ1) is 15.6. The van der Waals surface area contributed by atoms with Gasteiger partial charge >= 0.3 is 0 Å². The third-order valence-electron chi connectivity index (χ3n) is 5.63. The number of Topliss-reactive ketones (excluding diaryl/α,β-unsaturated/α-hetero) is 1. The van der Waals surface area contributed by atoms with Gasteiger partial charge in [0.2, 0.25) is 0 Å². The molecule has 0 radical (unpaired) electrons. The molecule has 1 aliphatic heterocycles. The SMILES string of the molecule is CC1(C)C(=O)CCC[C@@]12C(Sc1ccccc1)=Nc1ccccc12. The van der Waals surface area contributed by atoms with Gasteiger partial charge in [-0.3, -0.25) is 4.79 Å². The Balaban J connectivity index is 1.88. The molecule has 122 valence electrons. The van der Waals surface area contributed by atoms with Crippen LogP contribution in [0.5, 0.6) is 0 Å². The smallest absolute Gasteiger partial charge is 0.139 e. The first-order chi connectivity index (χ1) is 11.6. The van der Waals surface area contributed by atoms with Gasteiger partial charge in [0.05, 0.1) is 16.1 Å². The van der Waals surface area contributed by atoms with Crippen LogP contribution in [0.1, 0.15) is 38.7 Å². The van der Waals surface area contributed by atoms with Crippen molar-refractivity contribution in [1.29, 1.82) is 0 Å².